The van der Waals surface area contributed by atoms with E-state index < -0.39 is 12.1 Å². The zero-order chi connectivity index (χ0) is 49.9. The van der Waals surface area contributed by atoms with Gasteiger partial charge >= 0.3 is 0 Å². The summed E-state index contributed by atoms with van der Waals surface area (Å²) in [6.07, 6.45) is 82.6. The predicted octanol–water partition coefficient (Wildman–Crippen LogP) is 21.4. The Balaban J connectivity index is 3.37. The molecule has 0 saturated carbocycles. The molecule has 0 aromatic rings. The topological polar surface area (TPSA) is 69.6 Å². The predicted molar refractivity (Wildman–Crippen MR) is 309 cm³/mol. The summed E-state index contributed by atoms with van der Waals surface area (Å²) in [5.74, 6) is -0.0662. The first-order valence-electron chi connectivity index (χ1n) is 32.1. The Morgan fingerprint density at radius 2 is 0.565 bits per heavy atom. The van der Waals surface area contributed by atoms with E-state index in [-0.39, 0.29) is 12.5 Å². The summed E-state index contributed by atoms with van der Waals surface area (Å²) in [5.41, 5.74) is 0. The molecular formula is C65H127NO3. The van der Waals surface area contributed by atoms with Gasteiger partial charge in [0.1, 0.15) is 0 Å². The Morgan fingerprint density at radius 1 is 0.333 bits per heavy atom. The first kappa shape index (κ1) is 67.9. The van der Waals surface area contributed by atoms with E-state index in [4.69, 9.17) is 0 Å². The summed E-state index contributed by atoms with van der Waals surface area (Å²) < 4.78 is 0. The van der Waals surface area contributed by atoms with Gasteiger partial charge < -0.3 is 15.5 Å². The summed E-state index contributed by atoms with van der Waals surface area (Å²) in [5, 5.41) is 23.1. The smallest absolute Gasteiger partial charge is 0.220 e. The van der Waals surface area contributed by atoms with Crippen LogP contribution < -0.4 is 5.32 Å². The van der Waals surface area contributed by atoms with Crippen LogP contribution in [-0.2, 0) is 4.79 Å². The molecule has 1 amide bonds. The molecule has 0 rings (SSSR count). The molecule has 0 aliphatic rings. The van der Waals surface area contributed by atoms with Crippen LogP contribution in [0.3, 0.4) is 0 Å². The van der Waals surface area contributed by atoms with E-state index in [0.717, 1.165) is 32.1 Å². The fraction of sp³-hybridized carbons (Fsp3) is 0.923. The van der Waals surface area contributed by atoms with Gasteiger partial charge in [-0.05, 0) is 32.1 Å². The van der Waals surface area contributed by atoms with Gasteiger partial charge in [0.25, 0.3) is 0 Å². The summed E-state index contributed by atoms with van der Waals surface area (Å²) >= 11 is 0. The maximum absolute atomic E-state index is 12.5. The van der Waals surface area contributed by atoms with Crippen molar-refractivity contribution in [3.63, 3.8) is 0 Å². The van der Waals surface area contributed by atoms with Crippen molar-refractivity contribution in [1.29, 1.82) is 0 Å². The fourth-order valence-electron chi connectivity index (χ4n) is 10.3. The molecule has 0 fully saturated rings. The minimum atomic E-state index is -0.859. The van der Waals surface area contributed by atoms with Crippen molar-refractivity contribution in [3.05, 3.63) is 24.3 Å². The van der Waals surface area contributed by atoms with Crippen molar-refractivity contribution in [3.8, 4) is 0 Å². The Hall–Kier alpha value is -1.13. The highest BCUT2D eigenvalue weighted by Crippen LogP contribution is 2.19. The highest BCUT2D eigenvalue weighted by Gasteiger charge is 2.18. The molecule has 0 aromatic heterocycles. The number of aliphatic hydroxyl groups is 2. The average molecular weight is 971 g/mol. The number of carbonyl (C=O) groups excluding carboxylic acids is 1. The second kappa shape index (κ2) is 61.2. The van der Waals surface area contributed by atoms with E-state index in [2.05, 4.69) is 31.3 Å². The Kier molecular flexibility index (Phi) is 60.2. The number of rotatable bonds is 60. The van der Waals surface area contributed by atoms with Crippen molar-refractivity contribution >= 4 is 5.91 Å². The third-order valence-corrected chi connectivity index (χ3v) is 15.2. The average Bonchev–Trinajstić information content (AvgIpc) is 3.35. The van der Waals surface area contributed by atoms with E-state index in [1.54, 1.807) is 6.08 Å². The van der Waals surface area contributed by atoms with E-state index in [1.165, 1.54) is 315 Å². The molecule has 0 spiro atoms. The van der Waals surface area contributed by atoms with Crippen molar-refractivity contribution < 1.29 is 15.0 Å². The van der Waals surface area contributed by atoms with Crippen molar-refractivity contribution in [2.24, 2.45) is 0 Å². The van der Waals surface area contributed by atoms with Crippen LogP contribution in [-0.4, -0.2) is 34.9 Å². The van der Waals surface area contributed by atoms with Crippen LogP contribution in [0.4, 0.5) is 0 Å². The van der Waals surface area contributed by atoms with Crippen LogP contribution in [0.2, 0.25) is 0 Å². The normalized spacial score (nSPS) is 12.8. The molecule has 410 valence electrons. The summed E-state index contributed by atoms with van der Waals surface area (Å²) in [6, 6.07) is -0.636. The van der Waals surface area contributed by atoms with Crippen LogP contribution in [0.1, 0.15) is 367 Å². The summed E-state index contributed by atoms with van der Waals surface area (Å²) in [6.45, 7) is 4.33. The first-order valence-corrected chi connectivity index (χ1v) is 32.1. The summed E-state index contributed by atoms with van der Waals surface area (Å²) in [7, 11) is 0. The van der Waals surface area contributed by atoms with Gasteiger partial charge in [0.15, 0.2) is 0 Å². The van der Waals surface area contributed by atoms with E-state index in [9.17, 15) is 15.0 Å². The second-order valence-corrected chi connectivity index (χ2v) is 22.2. The molecule has 4 nitrogen and oxygen atoms in total. The van der Waals surface area contributed by atoms with Crippen LogP contribution >= 0.6 is 0 Å². The van der Waals surface area contributed by atoms with Gasteiger partial charge in [0.2, 0.25) is 5.91 Å². The molecule has 0 aliphatic carbocycles. The number of allylic oxidation sites excluding steroid dienone is 3. The van der Waals surface area contributed by atoms with Gasteiger partial charge in [0.05, 0.1) is 18.8 Å². The molecule has 0 heterocycles. The van der Waals surface area contributed by atoms with E-state index in [0.29, 0.717) is 6.42 Å². The van der Waals surface area contributed by atoms with Gasteiger partial charge in [-0.2, -0.15) is 0 Å². The monoisotopic (exact) mass is 970 g/mol. The lowest BCUT2D eigenvalue weighted by Crippen LogP contribution is -2.45. The lowest BCUT2D eigenvalue weighted by Gasteiger charge is -2.19. The molecule has 2 unspecified atom stereocenters. The quantitative estimate of drug-likeness (QED) is 0.0420. The summed E-state index contributed by atoms with van der Waals surface area (Å²) in [4.78, 5) is 12.5. The maximum Gasteiger partial charge on any atom is 0.220 e. The number of aliphatic hydroxyl groups excluding tert-OH is 2. The minimum absolute atomic E-state index is 0.0662. The van der Waals surface area contributed by atoms with Crippen LogP contribution in [0.15, 0.2) is 24.3 Å². The molecule has 69 heavy (non-hydrogen) atoms. The van der Waals surface area contributed by atoms with Gasteiger partial charge in [-0.1, -0.05) is 353 Å². The van der Waals surface area contributed by atoms with Crippen molar-refractivity contribution in [2.45, 2.75) is 379 Å². The standard InChI is InChI=1S/C65H127NO3/c1-3-5-7-9-11-13-15-17-19-21-22-23-24-25-26-27-28-29-30-31-32-33-34-35-36-37-38-39-40-41-42-43-45-47-49-51-53-55-57-59-61-65(69)66-63(62-67)64(68)60-58-56-54-52-50-48-46-44-20-18-16-14-12-10-8-6-4-2/h50,52,58,60,63-64,67-68H,3-49,51,53-57,59,61-62H2,1-2H3,(H,66,69)/b52-50+,60-58+. The SMILES string of the molecule is CCCCCCCCCCCCC/C=C/CC/C=C/C(O)C(CO)NC(=O)CCCCCCCCCCCCCCCCCCCCCCCCCCCCCCCCCCCCCCCCCC. The highest BCUT2D eigenvalue weighted by atomic mass is 16.3. The van der Waals surface area contributed by atoms with Gasteiger partial charge in [-0.25, -0.2) is 0 Å². The highest BCUT2D eigenvalue weighted by molar-refractivity contribution is 5.76. The molecular weight excluding hydrogens is 843 g/mol. The molecule has 0 radical (unpaired) electrons. The Bertz CT molecular complexity index is 1010. The molecule has 0 bridgehead atoms. The van der Waals surface area contributed by atoms with Crippen LogP contribution in [0.5, 0.6) is 0 Å². The largest absolute Gasteiger partial charge is 0.394 e. The number of hydrogen-bond acceptors (Lipinski definition) is 3. The zero-order valence-corrected chi connectivity index (χ0v) is 47.4. The lowest BCUT2D eigenvalue weighted by molar-refractivity contribution is -0.123. The minimum Gasteiger partial charge on any atom is -0.394 e. The fourth-order valence-corrected chi connectivity index (χ4v) is 10.3. The number of unbranched alkanes of at least 4 members (excludes halogenated alkanes) is 51. The third kappa shape index (κ3) is 57.6. The van der Waals surface area contributed by atoms with Crippen LogP contribution in [0, 0.1) is 0 Å². The number of amides is 1. The van der Waals surface area contributed by atoms with Gasteiger partial charge in [-0.3, -0.25) is 4.79 Å². The van der Waals surface area contributed by atoms with Gasteiger partial charge in [0, 0.05) is 6.42 Å². The Morgan fingerprint density at radius 3 is 0.841 bits per heavy atom. The number of hydrogen-bond donors (Lipinski definition) is 3. The maximum atomic E-state index is 12.5. The molecule has 0 aliphatic heterocycles. The van der Waals surface area contributed by atoms with Crippen LogP contribution in [0.25, 0.3) is 0 Å². The molecule has 0 aromatic carbocycles. The van der Waals surface area contributed by atoms with E-state index >= 15 is 0 Å². The van der Waals surface area contributed by atoms with E-state index in [1.807, 2.05) is 6.08 Å². The molecule has 3 N–H and O–H groups in total. The zero-order valence-electron chi connectivity index (χ0n) is 47.4. The molecule has 0 saturated heterocycles. The van der Waals surface area contributed by atoms with Gasteiger partial charge in [-0.15, -0.1) is 0 Å². The lowest BCUT2D eigenvalue weighted by atomic mass is 10.0. The molecule has 2 atom stereocenters. The second-order valence-electron chi connectivity index (χ2n) is 22.2. The number of nitrogens with one attached hydrogen (secondary N) is 1. The number of carbonyl (C=O) groups is 1. The Labute approximate surface area is 434 Å². The first-order chi connectivity index (χ1) is 34.2. The van der Waals surface area contributed by atoms with Crippen molar-refractivity contribution in [2.75, 3.05) is 6.61 Å². The third-order valence-electron chi connectivity index (χ3n) is 15.2. The molecule has 4 heteroatoms. The van der Waals surface area contributed by atoms with Crippen molar-refractivity contribution in [1.82, 2.24) is 5.32 Å².